The summed E-state index contributed by atoms with van der Waals surface area (Å²) in [5.74, 6) is 0.692. The van der Waals surface area contributed by atoms with Crippen molar-refractivity contribution < 1.29 is 4.79 Å². The Morgan fingerprint density at radius 1 is 1.30 bits per heavy atom. The minimum atomic E-state index is -0.111. The molecule has 4 rings (SSSR count). The summed E-state index contributed by atoms with van der Waals surface area (Å²) < 4.78 is 0. The third kappa shape index (κ3) is 3.78. The van der Waals surface area contributed by atoms with E-state index in [1.807, 2.05) is 30.9 Å². The van der Waals surface area contributed by atoms with Gasteiger partial charge in [0.1, 0.15) is 10.7 Å². The van der Waals surface area contributed by atoms with Gasteiger partial charge in [0.05, 0.1) is 5.39 Å². The average Bonchev–Trinajstić information content (AvgIpc) is 3.45. The monoisotopic (exact) mass is 382 g/mol. The standard InChI is InChI=1S/C20H22N4O2S/c1-12-13(2)27-20-18(12)19(26)22-16(23-20)5-6-17(25)24(15-3-4-15)11-14-7-9-21-10-8-14/h7-10,15H,3-6,11H2,1-2H3,(H,22,23,26). The zero-order chi connectivity index (χ0) is 19.0. The number of rotatable bonds is 6. The molecule has 1 N–H and O–H groups in total. The number of fused-ring (bicyclic) bond motifs is 1. The second kappa shape index (κ2) is 7.23. The van der Waals surface area contributed by atoms with E-state index >= 15 is 0 Å². The predicted octanol–water partition coefficient (Wildman–Crippen LogP) is 3.12. The van der Waals surface area contributed by atoms with Gasteiger partial charge >= 0.3 is 0 Å². The molecule has 0 saturated heterocycles. The van der Waals surface area contributed by atoms with Crippen LogP contribution in [0.5, 0.6) is 0 Å². The molecule has 0 spiro atoms. The Morgan fingerprint density at radius 2 is 2.04 bits per heavy atom. The molecule has 1 aliphatic rings. The molecule has 0 atom stereocenters. The molecule has 6 nitrogen and oxygen atoms in total. The van der Waals surface area contributed by atoms with Gasteiger partial charge in [0.25, 0.3) is 5.56 Å². The number of aromatic nitrogens is 3. The number of H-pyrrole nitrogens is 1. The number of nitrogens with one attached hydrogen (secondary N) is 1. The van der Waals surface area contributed by atoms with Gasteiger partial charge in [-0.05, 0) is 49.9 Å². The Bertz CT molecular complexity index is 1040. The molecule has 0 aromatic carbocycles. The first-order chi connectivity index (χ1) is 13.0. The van der Waals surface area contributed by atoms with E-state index in [-0.39, 0.29) is 11.5 Å². The minimum Gasteiger partial charge on any atom is -0.335 e. The lowest BCUT2D eigenvalue weighted by molar-refractivity contribution is -0.132. The zero-order valence-corrected chi connectivity index (χ0v) is 16.3. The van der Waals surface area contributed by atoms with Gasteiger partial charge in [0.2, 0.25) is 5.91 Å². The van der Waals surface area contributed by atoms with Crippen molar-refractivity contribution in [3.63, 3.8) is 0 Å². The number of aryl methyl sites for hydroxylation is 3. The first-order valence-electron chi connectivity index (χ1n) is 9.20. The summed E-state index contributed by atoms with van der Waals surface area (Å²) in [6, 6.07) is 4.22. The van der Waals surface area contributed by atoms with Crippen molar-refractivity contribution in [2.24, 2.45) is 0 Å². The second-order valence-electron chi connectivity index (χ2n) is 7.08. The predicted molar refractivity (Wildman–Crippen MR) is 106 cm³/mol. The second-order valence-corrected chi connectivity index (χ2v) is 8.29. The SMILES string of the molecule is Cc1sc2nc(CCC(=O)N(Cc3ccncc3)C3CC3)[nH]c(=O)c2c1C. The van der Waals surface area contributed by atoms with Gasteiger partial charge in [-0.1, -0.05) is 0 Å². The van der Waals surface area contributed by atoms with Gasteiger partial charge in [-0.3, -0.25) is 14.6 Å². The number of hydrogen-bond donors (Lipinski definition) is 1. The van der Waals surface area contributed by atoms with E-state index in [0.717, 1.165) is 33.7 Å². The van der Waals surface area contributed by atoms with Crippen LogP contribution in [0.25, 0.3) is 10.2 Å². The lowest BCUT2D eigenvalue weighted by Gasteiger charge is -2.22. The maximum atomic E-state index is 12.8. The van der Waals surface area contributed by atoms with E-state index in [1.54, 1.807) is 12.4 Å². The highest BCUT2D eigenvalue weighted by Gasteiger charge is 2.32. The minimum absolute atomic E-state index is 0.107. The number of amides is 1. The van der Waals surface area contributed by atoms with E-state index in [9.17, 15) is 9.59 Å². The van der Waals surface area contributed by atoms with Crippen LogP contribution >= 0.6 is 11.3 Å². The number of thiophene rings is 1. The smallest absolute Gasteiger partial charge is 0.259 e. The third-order valence-corrected chi connectivity index (χ3v) is 6.18. The van der Waals surface area contributed by atoms with Crippen molar-refractivity contribution in [2.75, 3.05) is 0 Å². The number of nitrogens with zero attached hydrogens (tertiary/aromatic N) is 3. The number of carbonyl (C=O) groups excluding carboxylic acids is 1. The van der Waals surface area contributed by atoms with Crippen LogP contribution in [-0.4, -0.2) is 31.8 Å². The van der Waals surface area contributed by atoms with Crippen LogP contribution in [0, 0.1) is 13.8 Å². The van der Waals surface area contributed by atoms with Crippen molar-refractivity contribution in [1.29, 1.82) is 0 Å². The number of hydrogen-bond acceptors (Lipinski definition) is 5. The van der Waals surface area contributed by atoms with Gasteiger partial charge < -0.3 is 9.88 Å². The van der Waals surface area contributed by atoms with Crippen molar-refractivity contribution in [3.05, 3.63) is 56.7 Å². The normalized spacial score (nSPS) is 13.9. The fraction of sp³-hybridized carbons (Fsp3) is 0.400. The molecule has 1 amide bonds. The Kier molecular flexibility index (Phi) is 4.78. The lowest BCUT2D eigenvalue weighted by atomic mass is 10.2. The Morgan fingerprint density at radius 3 is 2.74 bits per heavy atom. The van der Waals surface area contributed by atoms with E-state index in [2.05, 4.69) is 15.0 Å². The lowest BCUT2D eigenvalue weighted by Crippen LogP contribution is -2.33. The van der Waals surface area contributed by atoms with Crippen molar-refractivity contribution in [2.45, 2.75) is 52.1 Å². The summed E-state index contributed by atoms with van der Waals surface area (Å²) in [6.07, 6.45) is 6.41. The summed E-state index contributed by atoms with van der Waals surface area (Å²) >= 11 is 1.53. The molecule has 0 radical (unpaired) electrons. The summed E-state index contributed by atoms with van der Waals surface area (Å²) in [5, 5.41) is 0.671. The molecule has 27 heavy (non-hydrogen) atoms. The van der Waals surface area contributed by atoms with Crippen LogP contribution in [0.2, 0.25) is 0 Å². The first kappa shape index (κ1) is 17.9. The molecule has 1 saturated carbocycles. The van der Waals surface area contributed by atoms with Gasteiger partial charge in [0, 0.05) is 42.7 Å². The quantitative estimate of drug-likeness (QED) is 0.710. The van der Waals surface area contributed by atoms with Gasteiger partial charge in [-0.2, -0.15) is 0 Å². The summed E-state index contributed by atoms with van der Waals surface area (Å²) in [7, 11) is 0. The molecule has 7 heteroatoms. The van der Waals surface area contributed by atoms with Crippen LogP contribution in [0.3, 0.4) is 0 Å². The maximum Gasteiger partial charge on any atom is 0.259 e. The highest BCUT2D eigenvalue weighted by molar-refractivity contribution is 7.18. The number of carbonyl (C=O) groups is 1. The molecule has 140 valence electrons. The third-order valence-electron chi connectivity index (χ3n) is 5.07. The van der Waals surface area contributed by atoms with Crippen LogP contribution in [0.1, 0.15) is 41.1 Å². The Labute approximate surface area is 161 Å². The van der Waals surface area contributed by atoms with E-state index in [1.165, 1.54) is 11.3 Å². The molecule has 1 aliphatic carbocycles. The fourth-order valence-electron chi connectivity index (χ4n) is 3.28. The van der Waals surface area contributed by atoms with E-state index < -0.39 is 0 Å². The van der Waals surface area contributed by atoms with Crippen molar-refractivity contribution in [1.82, 2.24) is 19.9 Å². The number of aromatic amines is 1. The molecule has 0 bridgehead atoms. The molecule has 0 unspecified atom stereocenters. The molecule has 3 heterocycles. The highest BCUT2D eigenvalue weighted by Crippen LogP contribution is 2.29. The molecular weight excluding hydrogens is 360 g/mol. The molecule has 3 aromatic rings. The largest absolute Gasteiger partial charge is 0.335 e. The topological polar surface area (TPSA) is 79.0 Å². The van der Waals surface area contributed by atoms with Gasteiger partial charge in [-0.25, -0.2) is 4.98 Å². The van der Waals surface area contributed by atoms with Gasteiger partial charge in [-0.15, -0.1) is 11.3 Å². The van der Waals surface area contributed by atoms with Crippen LogP contribution in [0.4, 0.5) is 0 Å². The molecule has 0 aliphatic heterocycles. The van der Waals surface area contributed by atoms with Crippen LogP contribution in [-0.2, 0) is 17.8 Å². The summed E-state index contributed by atoms with van der Waals surface area (Å²) in [6.45, 7) is 4.55. The van der Waals surface area contributed by atoms with Crippen molar-refractivity contribution >= 4 is 27.5 Å². The first-order valence-corrected chi connectivity index (χ1v) is 10.0. The Hall–Kier alpha value is -2.54. The Balaban J connectivity index is 1.48. The number of pyridine rings is 1. The van der Waals surface area contributed by atoms with Crippen molar-refractivity contribution in [3.8, 4) is 0 Å². The van der Waals surface area contributed by atoms with E-state index in [0.29, 0.717) is 36.6 Å². The van der Waals surface area contributed by atoms with E-state index in [4.69, 9.17) is 0 Å². The molecule has 1 fully saturated rings. The van der Waals surface area contributed by atoms with Crippen LogP contribution < -0.4 is 5.56 Å². The molecule has 3 aromatic heterocycles. The van der Waals surface area contributed by atoms with Crippen LogP contribution in [0.15, 0.2) is 29.3 Å². The summed E-state index contributed by atoms with van der Waals surface area (Å²) in [5.41, 5.74) is 1.96. The average molecular weight is 382 g/mol. The fourth-order valence-corrected chi connectivity index (χ4v) is 4.33. The van der Waals surface area contributed by atoms with Gasteiger partial charge in [0.15, 0.2) is 0 Å². The maximum absolute atomic E-state index is 12.8. The summed E-state index contributed by atoms with van der Waals surface area (Å²) in [4.78, 5) is 40.5. The molecular formula is C20H22N4O2S. The zero-order valence-electron chi connectivity index (χ0n) is 15.5. The highest BCUT2D eigenvalue weighted by atomic mass is 32.1.